The third-order valence-electron chi connectivity index (χ3n) is 3.08. The van der Waals surface area contributed by atoms with Crippen LogP contribution in [0.4, 0.5) is 11.4 Å². The molecule has 0 spiro atoms. The lowest BCUT2D eigenvalue weighted by molar-refractivity contribution is -0.131. The number of nitrogens with one attached hydrogen (secondary N) is 1. The van der Waals surface area contributed by atoms with Crippen LogP contribution in [0.15, 0.2) is 18.2 Å². The number of methoxy groups -OCH3 is 1. The van der Waals surface area contributed by atoms with Crippen LogP contribution in [0.25, 0.3) is 0 Å². The second kappa shape index (κ2) is 6.87. The normalized spacial score (nSPS) is 11.8. The summed E-state index contributed by atoms with van der Waals surface area (Å²) in [4.78, 5) is 14.0. The van der Waals surface area contributed by atoms with Gasteiger partial charge in [-0.05, 0) is 32.9 Å². The zero-order chi connectivity index (χ0) is 14.4. The van der Waals surface area contributed by atoms with Gasteiger partial charge in [0.1, 0.15) is 11.8 Å². The summed E-state index contributed by atoms with van der Waals surface area (Å²) < 4.78 is 5.15. The van der Waals surface area contributed by atoms with E-state index < -0.39 is 0 Å². The SMILES string of the molecule is CCN(CC)C(=O)C(C)Nc1cc(OC)ccc1N. The molecule has 0 saturated carbocycles. The number of carbonyl (C=O) groups excluding carboxylic acids is 1. The van der Waals surface area contributed by atoms with E-state index in [1.54, 1.807) is 30.2 Å². The van der Waals surface area contributed by atoms with Gasteiger partial charge in [0.15, 0.2) is 0 Å². The predicted molar refractivity (Wildman–Crippen MR) is 78.4 cm³/mol. The first-order valence-electron chi connectivity index (χ1n) is 6.52. The van der Waals surface area contributed by atoms with Crippen molar-refractivity contribution in [2.45, 2.75) is 26.8 Å². The molecule has 1 aromatic rings. The summed E-state index contributed by atoms with van der Waals surface area (Å²) in [6.07, 6.45) is 0. The molecule has 0 aliphatic rings. The molecule has 5 heteroatoms. The first kappa shape index (κ1) is 15.1. The molecule has 0 aromatic heterocycles. The van der Waals surface area contributed by atoms with Crippen LogP contribution in [0, 0.1) is 0 Å². The zero-order valence-electron chi connectivity index (χ0n) is 12.1. The summed E-state index contributed by atoms with van der Waals surface area (Å²) in [5.41, 5.74) is 7.20. The van der Waals surface area contributed by atoms with Crippen molar-refractivity contribution in [3.63, 3.8) is 0 Å². The zero-order valence-corrected chi connectivity index (χ0v) is 12.1. The van der Waals surface area contributed by atoms with Crippen molar-refractivity contribution >= 4 is 17.3 Å². The third-order valence-corrected chi connectivity index (χ3v) is 3.08. The van der Waals surface area contributed by atoms with Crippen LogP contribution in [-0.4, -0.2) is 37.0 Å². The number of nitrogens with zero attached hydrogens (tertiary/aromatic N) is 1. The van der Waals surface area contributed by atoms with E-state index in [2.05, 4.69) is 5.32 Å². The van der Waals surface area contributed by atoms with Crippen molar-refractivity contribution in [3.05, 3.63) is 18.2 Å². The molecule has 1 atom stereocenters. The molecule has 5 nitrogen and oxygen atoms in total. The van der Waals surface area contributed by atoms with Gasteiger partial charge in [0.2, 0.25) is 5.91 Å². The average molecular weight is 265 g/mol. The van der Waals surface area contributed by atoms with Gasteiger partial charge in [0.05, 0.1) is 18.5 Å². The average Bonchev–Trinajstić information content (AvgIpc) is 2.42. The van der Waals surface area contributed by atoms with Crippen LogP contribution >= 0.6 is 0 Å². The molecule has 0 bridgehead atoms. The van der Waals surface area contributed by atoms with Crippen molar-refractivity contribution in [2.75, 3.05) is 31.2 Å². The molecule has 1 unspecified atom stereocenters. The Morgan fingerprint density at radius 2 is 2.05 bits per heavy atom. The van der Waals surface area contributed by atoms with Crippen molar-refractivity contribution in [2.24, 2.45) is 0 Å². The molecule has 19 heavy (non-hydrogen) atoms. The van der Waals surface area contributed by atoms with Gasteiger partial charge in [-0.25, -0.2) is 0 Å². The van der Waals surface area contributed by atoms with E-state index in [-0.39, 0.29) is 11.9 Å². The van der Waals surface area contributed by atoms with Crippen LogP contribution in [0.3, 0.4) is 0 Å². The van der Waals surface area contributed by atoms with Crippen LogP contribution < -0.4 is 15.8 Å². The Balaban J connectivity index is 2.81. The first-order chi connectivity index (χ1) is 9.03. The highest BCUT2D eigenvalue weighted by Gasteiger charge is 2.18. The highest BCUT2D eigenvalue weighted by atomic mass is 16.5. The summed E-state index contributed by atoms with van der Waals surface area (Å²) in [5, 5.41) is 3.14. The van der Waals surface area contributed by atoms with Crippen LogP contribution in [0.1, 0.15) is 20.8 Å². The second-order valence-electron chi connectivity index (χ2n) is 4.33. The van der Waals surface area contributed by atoms with Crippen molar-refractivity contribution in [1.82, 2.24) is 4.90 Å². The Bertz CT molecular complexity index is 431. The second-order valence-corrected chi connectivity index (χ2v) is 4.33. The maximum atomic E-state index is 12.2. The molecule has 3 N–H and O–H groups in total. The third kappa shape index (κ3) is 3.77. The van der Waals surface area contributed by atoms with Gasteiger partial charge in [0, 0.05) is 19.2 Å². The quantitative estimate of drug-likeness (QED) is 0.771. The number of hydrogen-bond donors (Lipinski definition) is 2. The minimum absolute atomic E-state index is 0.0622. The molecule has 0 heterocycles. The molecular formula is C14H23N3O2. The Morgan fingerprint density at radius 1 is 1.42 bits per heavy atom. The minimum atomic E-state index is -0.325. The number of rotatable bonds is 6. The van der Waals surface area contributed by atoms with Gasteiger partial charge < -0.3 is 20.7 Å². The Kier molecular flexibility index (Phi) is 5.48. The van der Waals surface area contributed by atoms with Crippen molar-refractivity contribution < 1.29 is 9.53 Å². The lowest BCUT2D eigenvalue weighted by atomic mass is 10.2. The molecule has 0 radical (unpaired) electrons. The number of likely N-dealkylation sites (N-methyl/N-ethyl adjacent to an activating group) is 1. The summed E-state index contributed by atoms with van der Waals surface area (Å²) in [6, 6.07) is 5.02. The van der Waals surface area contributed by atoms with E-state index in [1.807, 2.05) is 20.8 Å². The highest BCUT2D eigenvalue weighted by Crippen LogP contribution is 2.25. The van der Waals surface area contributed by atoms with E-state index >= 15 is 0 Å². The standard InChI is InChI=1S/C14H23N3O2/c1-5-17(6-2)14(18)10(3)16-13-9-11(19-4)7-8-12(13)15/h7-10,16H,5-6,15H2,1-4H3. The predicted octanol–water partition coefficient (Wildman–Crippen LogP) is 1.95. The van der Waals surface area contributed by atoms with Gasteiger partial charge in [-0.3, -0.25) is 4.79 Å². The minimum Gasteiger partial charge on any atom is -0.497 e. The summed E-state index contributed by atoms with van der Waals surface area (Å²) in [6.45, 7) is 7.17. The Labute approximate surface area is 114 Å². The summed E-state index contributed by atoms with van der Waals surface area (Å²) in [7, 11) is 1.60. The molecule has 1 aromatic carbocycles. The van der Waals surface area contributed by atoms with E-state index in [9.17, 15) is 4.79 Å². The maximum absolute atomic E-state index is 12.2. The van der Waals surface area contributed by atoms with Crippen LogP contribution in [0.2, 0.25) is 0 Å². The van der Waals surface area contributed by atoms with Gasteiger partial charge in [-0.15, -0.1) is 0 Å². The van der Waals surface area contributed by atoms with Gasteiger partial charge in [-0.1, -0.05) is 0 Å². The molecule has 0 aliphatic carbocycles. The molecule has 0 aliphatic heterocycles. The number of anilines is 2. The van der Waals surface area contributed by atoms with E-state index in [1.165, 1.54) is 0 Å². The molecule has 1 amide bonds. The van der Waals surface area contributed by atoms with E-state index in [0.29, 0.717) is 30.2 Å². The molecule has 106 valence electrons. The number of carbonyl (C=O) groups is 1. The van der Waals surface area contributed by atoms with Crippen LogP contribution in [0.5, 0.6) is 5.75 Å². The van der Waals surface area contributed by atoms with E-state index in [0.717, 1.165) is 0 Å². The molecule has 0 saturated heterocycles. The topological polar surface area (TPSA) is 67.6 Å². The molecular weight excluding hydrogens is 242 g/mol. The fourth-order valence-corrected chi connectivity index (χ4v) is 1.89. The fraction of sp³-hybridized carbons (Fsp3) is 0.500. The smallest absolute Gasteiger partial charge is 0.244 e. The Hall–Kier alpha value is -1.91. The van der Waals surface area contributed by atoms with Crippen molar-refractivity contribution in [3.8, 4) is 5.75 Å². The number of benzene rings is 1. The van der Waals surface area contributed by atoms with Crippen molar-refractivity contribution in [1.29, 1.82) is 0 Å². The van der Waals surface area contributed by atoms with Crippen LogP contribution in [-0.2, 0) is 4.79 Å². The van der Waals surface area contributed by atoms with Gasteiger partial charge >= 0.3 is 0 Å². The number of nitrogens with two attached hydrogens (primary N) is 1. The highest BCUT2D eigenvalue weighted by molar-refractivity contribution is 5.85. The number of hydrogen-bond acceptors (Lipinski definition) is 4. The lowest BCUT2D eigenvalue weighted by Gasteiger charge is -2.24. The number of ether oxygens (including phenoxy) is 1. The largest absolute Gasteiger partial charge is 0.497 e. The molecule has 1 rings (SSSR count). The summed E-state index contributed by atoms with van der Waals surface area (Å²) >= 11 is 0. The molecule has 0 fully saturated rings. The van der Waals surface area contributed by atoms with Gasteiger partial charge in [0.25, 0.3) is 0 Å². The number of nitrogen functional groups attached to an aromatic ring is 1. The first-order valence-corrected chi connectivity index (χ1v) is 6.52. The monoisotopic (exact) mass is 265 g/mol. The fourth-order valence-electron chi connectivity index (χ4n) is 1.89. The Morgan fingerprint density at radius 3 is 2.58 bits per heavy atom. The van der Waals surface area contributed by atoms with E-state index in [4.69, 9.17) is 10.5 Å². The van der Waals surface area contributed by atoms with Gasteiger partial charge in [-0.2, -0.15) is 0 Å². The lowest BCUT2D eigenvalue weighted by Crippen LogP contribution is -2.41. The number of amides is 1. The summed E-state index contributed by atoms with van der Waals surface area (Å²) in [5.74, 6) is 0.770. The maximum Gasteiger partial charge on any atom is 0.244 e.